The van der Waals surface area contributed by atoms with Gasteiger partial charge in [-0.25, -0.2) is 8.78 Å². The van der Waals surface area contributed by atoms with Gasteiger partial charge in [0.2, 0.25) is 6.33 Å². The molecule has 2 aromatic rings. The van der Waals surface area contributed by atoms with E-state index in [-0.39, 0.29) is 0 Å². The average molecular weight is 278 g/mol. The van der Waals surface area contributed by atoms with Gasteiger partial charge in [0.05, 0.1) is 0 Å². The summed E-state index contributed by atoms with van der Waals surface area (Å²) in [5.74, 6) is -1.11. The number of piperidine rings is 1. The van der Waals surface area contributed by atoms with Crippen molar-refractivity contribution in [1.29, 1.82) is 0 Å². The molecule has 1 aromatic heterocycles. The van der Waals surface area contributed by atoms with Crippen LogP contribution in [0.15, 0.2) is 22.7 Å². The molecule has 1 aliphatic rings. The van der Waals surface area contributed by atoms with Gasteiger partial charge in [0.25, 0.3) is 0 Å². The highest BCUT2D eigenvalue weighted by atomic mass is 19.2. The van der Waals surface area contributed by atoms with Crippen molar-refractivity contribution in [1.82, 2.24) is 10.1 Å². The summed E-state index contributed by atoms with van der Waals surface area (Å²) in [6.45, 7) is 1.65. The van der Waals surface area contributed by atoms with Crippen LogP contribution in [0.3, 0.4) is 0 Å². The highest BCUT2D eigenvalue weighted by Crippen LogP contribution is 2.24. The molecule has 1 radical (unpaired) electrons. The smallest absolute Gasteiger partial charge is 0.324 e. The Hall–Kier alpha value is -1.98. The third-order valence-corrected chi connectivity index (χ3v) is 3.71. The lowest BCUT2D eigenvalue weighted by Crippen LogP contribution is -2.34. The van der Waals surface area contributed by atoms with Crippen LogP contribution < -0.4 is 4.90 Å². The zero-order valence-electron chi connectivity index (χ0n) is 10.9. The Kier molecular flexibility index (Phi) is 3.62. The number of benzene rings is 1. The summed E-state index contributed by atoms with van der Waals surface area (Å²) in [6, 6.07) is 4.62. The molecule has 1 fully saturated rings. The van der Waals surface area contributed by atoms with E-state index in [0.29, 0.717) is 11.9 Å². The molecular weight excluding hydrogens is 264 g/mol. The van der Waals surface area contributed by atoms with Crippen molar-refractivity contribution >= 4 is 6.01 Å². The lowest BCUT2D eigenvalue weighted by atomic mass is 9.90. The van der Waals surface area contributed by atoms with Gasteiger partial charge in [0.15, 0.2) is 11.6 Å². The number of rotatable bonds is 3. The molecule has 0 aliphatic carbocycles. The molecule has 2 heterocycles. The molecule has 0 amide bonds. The van der Waals surface area contributed by atoms with Gasteiger partial charge in [-0.2, -0.15) is 4.98 Å². The van der Waals surface area contributed by atoms with Crippen LogP contribution in [0.25, 0.3) is 0 Å². The summed E-state index contributed by atoms with van der Waals surface area (Å²) < 4.78 is 31.0. The van der Waals surface area contributed by atoms with E-state index in [4.69, 9.17) is 4.52 Å². The van der Waals surface area contributed by atoms with Crippen LogP contribution in [0, 0.1) is 23.9 Å². The predicted octanol–water partition coefficient (Wildman–Crippen LogP) is 2.61. The van der Waals surface area contributed by atoms with Crippen molar-refractivity contribution in [3.63, 3.8) is 0 Å². The summed E-state index contributed by atoms with van der Waals surface area (Å²) in [4.78, 5) is 5.92. The summed E-state index contributed by atoms with van der Waals surface area (Å²) in [6.07, 6.45) is 5.09. The Morgan fingerprint density at radius 1 is 1.25 bits per heavy atom. The van der Waals surface area contributed by atoms with E-state index in [2.05, 4.69) is 16.5 Å². The van der Waals surface area contributed by atoms with E-state index in [1.807, 2.05) is 4.90 Å². The fourth-order valence-electron chi connectivity index (χ4n) is 2.60. The van der Waals surface area contributed by atoms with Gasteiger partial charge in [0.1, 0.15) is 0 Å². The second-order valence-electron chi connectivity index (χ2n) is 5.06. The quantitative estimate of drug-likeness (QED) is 0.865. The lowest BCUT2D eigenvalue weighted by molar-refractivity contribution is 0.361. The minimum absolute atomic E-state index is 0.461. The van der Waals surface area contributed by atoms with Gasteiger partial charge >= 0.3 is 6.01 Å². The van der Waals surface area contributed by atoms with Gasteiger partial charge in [-0.05, 0) is 42.9 Å². The Bertz CT molecular complexity index is 566. The molecule has 1 saturated heterocycles. The first-order valence-electron chi connectivity index (χ1n) is 6.61. The Labute approximate surface area is 115 Å². The lowest BCUT2D eigenvalue weighted by Gasteiger charge is -2.30. The molecule has 0 saturated carbocycles. The molecule has 4 nitrogen and oxygen atoms in total. The summed E-state index contributed by atoms with van der Waals surface area (Å²) in [7, 11) is 0. The minimum atomic E-state index is -0.795. The monoisotopic (exact) mass is 278 g/mol. The highest BCUT2D eigenvalue weighted by molar-refractivity contribution is 5.24. The van der Waals surface area contributed by atoms with Crippen LogP contribution in [0.4, 0.5) is 14.8 Å². The van der Waals surface area contributed by atoms with E-state index >= 15 is 0 Å². The van der Waals surface area contributed by atoms with Crippen molar-refractivity contribution in [3.05, 3.63) is 41.7 Å². The number of hydrogen-bond acceptors (Lipinski definition) is 4. The maximum absolute atomic E-state index is 13.2. The fraction of sp³-hybridized carbons (Fsp3) is 0.429. The van der Waals surface area contributed by atoms with Gasteiger partial charge in [0, 0.05) is 13.1 Å². The van der Waals surface area contributed by atoms with E-state index in [1.165, 1.54) is 12.1 Å². The molecule has 1 aliphatic heterocycles. The summed E-state index contributed by atoms with van der Waals surface area (Å²) in [5, 5.41) is 3.47. The highest BCUT2D eigenvalue weighted by Gasteiger charge is 2.22. The van der Waals surface area contributed by atoms with Crippen LogP contribution in [0.2, 0.25) is 0 Å². The molecule has 0 spiro atoms. The molecule has 105 valence electrons. The first-order chi connectivity index (χ1) is 9.72. The van der Waals surface area contributed by atoms with E-state index in [1.54, 1.807) is 6.07 Å². The normalized spacial score (nSPS) is 16.6. The standard InChI is InChI=1S/C14H14F2N3O/c15-12-2-1-11(8-13(12)16)7-10-3-5-19(6-4-10)14-17-9-18-20-14/h1-2,8,10H,3-7H2. The number of halogens is 2. The third-order valence-electron chi connectivity index (χ3n) is 3.71. The van der Waals surface area contributed by atoms with Gasteiger partial charge < -0.3 is 9.42 Å². The average Bonchev–Trinajstić information content (AvgIpc) is 2.98. The molecule has 0 unspecified atom stereocenters. The largest absolute Gasteiger partial charge is 0.324 e. The number of aromatic nitrogens is 2. The SMILES string of the molecule is Fc1ccc(CC2CCN(c3n[c]no3)CC2)cc1F. The summed E-state index contributed by atoms with van der Waals surface area (Å²) in [5.41, 5.74) is 0.841. The molecule has 3 rings (SSSR count). The second kappa shape index (κ2) is 5.56. The molecule has 0 N–H and O–H groups in total. The number of anilines is 1. The zero-order chi connectivity index (χ0) is 13.9. The topological polar surface area (TPSA) is 42.2 Å². The summed E-state index contributed by atoms with van der Waals surface area (Å²) >= 11 is 0. The van der Waals surface area contributed by atoms with E-state index in [0.717, 1.165) is 37.9 Å². The molecule has 1 aromatic carbocycles. The van der Waals surface area contributed by atoms with Crippen molar-refractivity contribution in [2.75, 3.05) is 18.0 Å². The van der Waals surface area contributed by atoms with Crippen molar-refractivity contribution in [2.24, 2.45) is 5.92 Å². The van der Waals surface area contributed by atoms with E-state index in [9.17, 15) is 8.78 Å². The van der Waals surface area contributed by atoms with Crippen LogP contribution in [0.1, 0.15) is 18.4 Å². The second-order valence-corrected chi connectivity index (χ2v) is 5.06. The van der Waals surface area contributed by atoms with Gasteiger partial charge in [-0.15, -0.1) is 0 Å². The van der Waals surface area contributed by atoms with E-state index < -0.39 is 11.6 Å². The van der Waals surface area contributed by atoms with Crippen LogP contribution in [0.5, 0.6) is 0 Å². The molecule has 0 atom stereocenters. The van der Waals surface area contributed by atoms with Crippen LogP contribution in [-0.2, 0) is 6.42 Å². The molecular formula is C14H14F2N3O. The Balaban J connectivity index is 1.57. The zero-order valence-corrected chi connectivity index (χ0v) is 10.9. The van der Waals surface area contributed by atoms with Crippen molar-refractivity contribution in [2.45, 2.75) is 19.3 Å². The Morgan fingerprint density at radius 3 is 2.70 bits per heavy atom. The number of nitrogens with zero attached hydrogens (tertiary/aromatic N) is 3. The molecule has 0 bridgehead atoms. The predicted molar refractivity (Wildman–Crippen MR) is 68.1 cm³/mol. The number of hydrogen-bond donors (Lipinski definition) is 0. The maximum atomic E-state index is 13.2. The first-order valence-corrected chi connectivity index (χ1v) is 6.61. The first kappa shape index (κ1) is 13.0. The van der Waals surface area contributed by atoms with Crippen LogP contribution in [-0.4, -0.2) is 23.2 Å². The van der Waals surface area contributed by atoms with Crippen LogP contribution >= 0.6 is 0 Å². The Morgan fingerprint density at radius 2 is 2.05 bits per heavy atom. The van der Waals surface area contributed by atoms with Gasteiger partial charge in [-0.1, -0.05) is 11.2 Å². The van der Waals surface area contributed by atoms with Crippen molar-refractivity contribution in [3.8, 4) is 0 Å². The molecule has 20 heavy (non-hydrogen) atoms. The molecule has 6 heteroatoms. The minimum Gasteiger partial charge on any atom is -0.324 e. The van der Waals surface area contributed by atoms with Crippen molar-refractivity contribution < 1.29 is 13.3 Å². The van der Waals surface area contributed by atoms with Gasteiger partial charge in [-0.3, -0.25) is 0 Å². The fourth-order valence-corrected chi connectivity index (χ4v) is 2.60. The maximum Gasteiger partial charge on any atom is 0.324 e. The third kappa shape index (κ3) is 2.79.